The summed E-state index contributed by atoms with van der Waals surface area (Å²) in [4.78, 5) is 11.6. The van der Waals surface area contributed by atoms with Gasteiger partial charge in [0.2, 0.25) is 0 Å². The summed E-state index contributed by atoms with van der Waals surface area (Å²) >= 11 is 5.89. The molecular weight excluding hydrogens is 384 g/mol. The van der Waals surface area contributed by atoms with Crippen LogP contribution in [0.25, 0.3) is 0 Å². The van der Waals surface area contributed by atoms with Gasteiger partial charge < -0.3 is 24.4 Å². The summed E-state index contributed by atoms with van der Waals surface area (Å²) in [5.41, 5.74) is -0.352. The van der Waals surface area contributed by atoms with Gasteiger partial charge in [0, 0.05) is 18.1 Å². The van der Waals surface area contributed by atoms with Gasteiger partial charge in [-0.1, -0.05) is 29.8 Å². The molecule has 1 heterocycles. The Labute approximate surface area is 168 Å². The first kappa shape index (κ1) is 20.5. The van der Waals surface area contributed by atoms with E-state index in [0.717, 1.165) is 12.0 Å². The lowest BCUT2D eigenvalue weighted by atomic mass is 9.91. The molecule has 0 aromatic heterocycles. The average molecular weight is 407 g/mol. The number of carboxylic acids is 1. The van der Waals surface area contributed by atoms with E-state index in [1.165, 1.54) is 0 Å². The molecule has 0 aliphatic carbocycles. The Bertz CT molecular complexity index is 803. The molecule has 150 valence electrons. The van der Waals surface area contributed by atoms with Crippen molar-refractivity contribution < 1.29 is 29.2 Å². The lowest BCUT2D eigenvalue weighted by Crippen LogP contribution is -2.40. The lowest BCUT2D eigenvalue weighted by molar-refractivity contribution is -0.159. The van der Waals surface area contributed by atoms with Crippen molar-refractivity contribution in [1.29, 1.82) is 0 Å². The number of aliphatic hydroxyl groups is 1. The average Bonchev–Trinajstić information content (AvgIpc) is 3.15. The van der Waals surface area contributed by atoms with Crippen LogP contribution in [0.15, 0.2) is 48.5 Å². The first-order valence-corrected chi connectivity index (χ1v) is 9.50. The molecule has 2 N–H and O–H groups in total. The van der Waals surface area contributed by atoms with E-state index >= 15 is 0 Å². The lowest BCUT2D eigenvalue weighted by Gasteiger charge is -2.23. The zero-order chi connectivity index (χ0) is 20.0. The van der Waals surface area contributed by atoms with Crippen LogP contribution in [0.2, 0.25) is 5.02 Å². The fourth-order valence-electron chi connectivity index (χ4n) is 3.15. The first-order valence-electron chi connectivity index (χ1n) is 9.12. The summed E-state index contributed by atoms with van der Waals surface area (Å²) in [5, 5.41) is 20.2. The van der Waals surface area contributed by atoms with Gasteiger partial charge in [-0.25, -0.2) is 4.79 Å². The third-order valence-electron chi connectivity index (χ3n) is 4.56. The normalized spacial score (nSPS) is 19.9. The number of benzene rings is 2. The number of hydrogen-bond acceptors (Lipinski definition) is 5. The van der Waals surface area contributed by atoms with Crippen LogP contribution >= 0.6 is 11.6 Å². The van der Waals surface area contributed by atoms with Crippen molar-refractivity contribution in [3.8, 4) is 11.5 Å². The molecule has 2 aromatic carbocycles. The van der Waals surface area contributed by atoms with Crippen LogP contribution in [0.1, 0.15) is 18.4 Å². The maximum Gasteiger partial charge on any atom is 0.336 e. The number of ether oxygens (including phenoxy) is 3. The van der Waals surface area contributed by atoms with E-state index in [1.54, 1.807) is 42.5 Å². The molecule has 1 aliphatic rings. The van der Waals surface area contributed by atoms with E-state index in [0.29, 0.717) is 29.5 Å². The Balaban J connectivity index is 1.52. The molecule has 2 atom stereocenters. The summed E-state index contributed by atoms with van der Waals surface area (Å²) in [6.45, 7) is 0.571. The number of carbonyl (C=O) groups is 1. The van der Waals surface area contributed by atoms with Crippen LogP contribution in [-0.4, -0.2) is 47.7 Å². The highest BCUT2D eigenvalue weighted by Crippen LogP contribution is 2.31. The maximum atomic E-state index is 11.6. The second-order valence-corrected chi connectivity index (χ2v) is 7.25. The minimum atomic E-state index is -1.16. The van der Waals surface area contributed by atoms with Crippen molar-refractivity contribution >= 4 is 17.6 Å². The molecule has 6 nitrogen and oxygen atoms in total. The monoisotopic (exact) mass is 406 g/mol. The Hall–Kier alpha value is -2.28. The number of aliphatic hydroxyl groups excluding tert-OH is 1. The van der Waals surface area contributed by atoms with Gasteiger partial charge in [-0.15, -0.1) is 0 Å². The SMILES string of the molecule is O=C(O)C1(Cc2cccc(OC[C@@H](O)COc3cccc(Cl)c3)c2)CCCO1. The van der Waals surface area contributed by atoms with Gasteiger partial charge in [-0.2, -0.15) is 0 Å². The summed E-state index contributed by atoms with van der Waals surface area (Å²) in [6.07, 6.45) is 0.681. The molecule has 2 aromatic rings. The van der Waals surface area contributed by atoms with E-state index in [1.807, 2.05) is 6.07 Å². The zero-order valence-corrected chi connectivity index (χ0v) is 16.1. The molecule has 28 heavy (non-hydrogen) atoms. The summed E-state index contributed by atoms with van der Waals surface area (Å²) in [7, 11) is 0. The van der Waals surface area contributed by atoms with Crippen molar-refractivity contribution in [2.45, 2.75) is 31.0 Å². The highest BCUT2D eigenvalue weighted by molar-refractivity contribution is 6.30. The predicted molar refractivity (Wildman–Crippen MR) is 104 cm³/mol. The summed E-state index contributed by atoms with van der Waals surface area (Å²) in [5.74, 6) is 0.187. The fraction of sp³-hybridized carbons (Fsp3) is 0.381. The molecule has 1 unspecified atom stereocenters. The van der Waals surface area contributed by atoms with Crippen LogP contribution < -0.4 is 9.47 Å². The number of rotatable bonds is 9. The topological polar surface area (TPSA) is 85.2 Å². The van der Waals surface area contributed by atoms with Gasteiger partial charge in [0.05, 0.1) is 0 Å². The second-order valence-electron chi connectivity index (χ2n) is 6.81. The third kappa shape index (κ3) is 5.38. The van der Waals surface area contributed by atoms with E-state index in [-0.39, 0.29) is 19.6 Å². The van der Waals surface area contributed by atoms with Crippen LogP contribution in [0.3, 0.4) is 0 Å². The highest BCUT2D eigenvalue weighted by atomic mass is 35.5. The molecule has 7 heteroatoms. The quantitative estimate of drug-likeness (QED) is 0.664. The van der Waals surface area contributed by atoms with E-state index in [9.17, 15) is 15.0 Å². The van der Waals surface area contributed by atoms with Crippen molar-refractivity contribution in [2.75, 3.05) is 19.8 Å². The molecular formula is C21H23ClO6. The van der Waals surface area contributed by atoms with Gasteiger partial charge in [0.15, 0.2) is 5.60 Å². The highest BCUT2D eigenvalue weighted by Gasteiger charge is 2.42. The van der Waals surface area contributed by atoms with E-state index in [2.05, 4.69) is 0 Å². The van der Waals surface area contributed by atoms with Crippen LogP contribution in [-0.2, 0) is 16.0 Å². The molecule has 0 saturated carbocycles. The van der Waals surface area contributed by atoms with Crippen molar-refractivity contribution in [3.63, 3.8) is 0 Å². The number of hydrogen-bond donors (Lipinski definition) is 2. The van der Waals surface area contributed by atoms with Gasteiger partial charge >= 0.3 is 5.97 Å². The van der Waals surface area contributed by atoms with Crippen molar-refractivity contribution in [3.05, 3.63) is 59.1 Å². The first-order chi connectivity index (χ1) is 13.5. The maximum absolute atomic E-state index is 11.6. The second kappa shape index (κ2) is 9.28. The largest absolute Gasteiger partial charge is 0.491 e. The summed E-state index contributed by atoms with van der Waals surface area (Å²) in [6, 6.07) is 14.1. The molecule has 1 fully saturated rings. The Morgan fingerprint density at radius 1 is 1.14 bits per heavy atom. The molecule has 0 radical (unpaired) electrons. The molecule has 0 bridgehead atoms. The minimum absolute atomic E-state index is 0.0462. The van der Waals surface area contributed by atoms with Crippen LogP contribution in [0, 0.1) is 0 Å². The Morgan fingerprint density at radius 2 is 1.82 bits per heavy atom. The van der Waals surface area contributed by atoms with Gasteiger partial charge in [0.1, 0.15) is 30.8 Å². The number of carboxylic acid groups (broad SMARTS) is 1. The minimum Gasteiger partial charge on any atom is -0.491 e. The Morgan fingerprint density at radius 3 is 2.43 bits per heavy atom. The van der Waals surface area contributed by atoms with E-state index < -0.39 is 17.7 Å². The predicted octanol–water partition coefficient (Wildman–Crippen LogP) is 3.34. The zero-order valence-electron chi connectivity index (χ0n) is 15.3. The van der Waals surface area contributed by atoms with Crippen molar-refractivity contribution in [1.82, 2.24) is 0 Å². The van der Waals surface area contributed by atoms with Gasteiger partial charge in [-0.05, 0) is 48.7 Å². The van der Waals surface area contributed by atoms with E-state index in [4.69, 9.17) is 25.8 Å². The summed E-state index contributed by atoms with van der Waals surface area (Å²) < 4.78 is 16.6. The van der Waals surface area contributed by atoms with Gasteiger partial charge in [0.25, 0.3) is 0 Å². The number of halogens is 1. The molecule has 0 spiro atoms. The molecule has 0 amide bonds. The van der Waals surface area contributed by atoms with Crippen LogP contribution in [0.4, 0.5) is 0 Å². The fourth-order valence-corrected chi connectivity index (χ4v) is 3.33. The third-order valence-corrected chi connectivity index (χ3v) is 4.80. The molecule has 1 saturated heterocycles. The standard InChI is InChI=1S/C21H23ClO6/c22-16-5-2-7-19(11-16)27-14-17(23)13-26-18-6-1-4-15(10-18)12-21(20(24)25)8-3-9-28-21/h1-2,4-7,10-11,17,23H,3,8-9,12-14H2,(H,24,25)/t17-,21?/m1/s1. The molecule has 1 aliphatic heterocycles. The van der Waals surface area contributed by atoms with Gasteiger partial charge in [-0.3, -0.25) is 0 Å². The Kier molecular flexibility index (Phi) is 6.78. The number of aliphatic carboxylic acids is 1. The molecule has 3 rings (SSSR count). The van der Waals surface area contributed by atoms with Crippen molar-refractivity contribution in [2.24, 2.45) is 0 Å². The van der Waals surface area contributed by atoms with Crippen LogP contribution in [0.5, 0.6) is 11.5 Å². The smallest absolute Gasteiger partial charge is 0.336 e.